The number of ether oxygens (including phenoxy) is 2. The Morgan fingerprint density at radius 1 is 1.06 bits per heavy atom. The first-order valence-corrected chi connectivity index (χ1v) is 11.3. The molecule has 164 valence electrons. The Kier molecular flexibility index (Phi) is 6.30. The van der Waals surface area contributed by atoms with E-state index in [4.69, 9.17) is 9.47 Å². The summed E-state index contributed by atoms with van der Waals surface area (Å²) in [6.07, 6.45) is 7.80. The number of allylic oxidation sites excluding steroid dienone is 5. The van der Waals surface area contributed by atoms with Crippen LogP contribution in [0.25, 0.3) is 0 Å². The molecule has 1 aliphatic heterocycles. The van der Waals surface area contributed by atoms with Crippen LogP contribution < -0.4 is 14.8 Å². The molecule has 1 N–H and O–H groups in total. The number of benzene rings is 1. The molecule has 0 aromatic heterocycles. The summed E-state index contributed by atoms with van der Waals surface area (Å²) in [5, 5.41) is 3.47. The van der Waals surface area contributed by atoms with Crippen LogP contribution >= 0.6 is 0 Å². The van der Waals surface area contributed by atoms with Crippen molar-refractivity contribution in [2.45, 2.75) is 64.2 Å². The topological polar surface area (TPSA) is 64.6 Å². The van der Waals surface area contributed by atoms with Crippen LogP contribution in [0, 0.1) is 0 Å². The van der Waals surface area contributed by atoms with E-state index < -0.39 is 0 Å². The van der Waals surface area contributed by atoms with Gasteiger partial charge in [0.05, 0.1) is 13.7 Å². The summed E-state index contributed by atoms with van der Waals surface area (Å²) in [5.41, 5.74) is 5.38. The van der Waals surface area contributed by atoms with Crippen molar-refractivity contribution in [1.82, 2.24) is 5.32 Å². The highest BCUT2D eigenvalue weighted by atomic mass is 16.5. The Bertz CT molecular complexity index is 943. The maximum Gasteiger partial charge on any atom is 0.164 e. The lowest BCUT2D eigenvalue weighted by Crippen LogP contribution is -2.36. The van der Waals surface area contributed by atoms with E-state index >= 15 is 0 Å². The van der Waals surface area contributed by atoms with Crippen LogP contribution in [0.4, 0.5) is 0 Å². The molecular weight excluding hydrogens is 390 g/mol. The fraction of sp³-hybridized carbons (Fsp3) is 0.462. The monoisotopic (exact) mass is 421 g/mol. The van der Waals surface area contributed by atoms with Crippen molar-refractivity contribution in [1.29, 1.82) is 0 Å². The van der Waals surface area contributed by atoms with Crippen LogP contribution in [-0.4, -0.2) is 25.3 Å². The summed E-state index contributed by atoms with van der Waals surface area (Å²) in [7, 11) is 1.63. The highest BCUT2D eigenvalue weighted by Crippen LogP contribution is 2.47. The highest BCUT2D eigenvalue weighted by Gasteiger charge is 2.40. The second kappa shape index (κ2) is 9.13. The third-order valence-corrected chi connectivity index (χ3v) is 6.31. The molecule has 0 unspecified atom stereocenters. The minimum atomic E-state index is -0.343. The lowest BCUT2D eigenvalue weighted by molar-refractivity contribution is -0.116. The first-order chi connectivity index (χ1) is 15.1. The summed E-state index contributed by atoms with van der Waals surface area (Å²) in [6.45, 7) is 6.55. The molecule has 1 aromatic carbocycles. The molecule has 0 bridgehead atoms. The van der Waals surface area contributed by atoms with Gasteiger partial charge in [-0.3, -0.25) is 9.59 Å². The largest absolute Gasteiger partial charge is 0.493 e. The lowest BCUT2D eigenvalue weighted by Gasteiger charge is -2.37. The molecule has 1 heterocycles. The Morgan fingerprint density at radius 3 is 2.26 bits per heavy atom. The summed E-state index contributed by atoms with van der Waals surface area (Å²) < 4.78 is 11.7. The van der Waals surface area contributed by atoms with E-state index in [1.54, 1.807) is 7.11 Å². The molecule has 3 aliphatic rings. The van der Waals surface area contributed by atoms with E-state index in [2.05, 4.69) is 24.9 Å². The normalized spacial score (nSPS) is 19.0. The summed E-state index contributed by atoms with van der Waals surface area (Å²) in [5.74, 6) is 1.29. The van der Waals surface area contributed by atoms with Gasteiger partial charge < -0.3 is 14.8 Å². The second-order valence-electron chi connectivity index (χ2n) is 8.45. The second-order valence-corrected chi connectivity index (χ2v) is 8.45. The Labute approximate surface area is 184 Å². The Morgan fingerprint density at radius 2 is 1.71 bits per heavy atom. The van der Waals surface area contributed by atoms with E-state index in [9.17, 15) is 9.59 Å². The predicted molar refractivity (Wildman–Crippen MR) is 120 cm³/mol. The average molecular weight is 422 g/mol. The van der Waals surface area contributed by atoms with Gasteiger partial charge in [0.25, 0.3) is 0 Å². The molecule has 5 heteroatoms. The Balaban J connectivity index is 1.91. The van der Waals surface area contributed by atoms with Crippen molar-refractivity contribution in [3.8, 4) is 11.5 Å². The van der Waals surface area contributed by atoms with E-state index in [0.717, 1.165) is 71.5 Å². The molecule has 0 radical (unpaired) electrons. The maximum absolute atomic E-state index is 13.1. The Hall–Kier alpha value is -2.82. The number of ketones is 2. The average Bonchev–Trinajstić information content (AvgIpc) is 2.77. The number of Topliss-reactive ketones (excluding diaryl/α,β-unsaturated/α-hetero) is 2. The first-order valence-electron chi connectivity index (χ1n) is 11.3. The van der Waals surface area contributed by atoms with Gasteiger partial charge in [-0.2, -0.15) is 0 Å². The number of dihydropyridines is 1. The van der Waals surface area contributed by atoms with Crippen LogP contribution in [0.3, 0.4) is 0 Å². The van der Waals surface area contributed by atoms with Gasteiger partial charge in [-0.15, -0.1) is 6.58 Å². The number of rotatable bonds is 7. The minimum Gasteiger partial charge on any atom is -0.493 e. The van der Waals surface area contributed by atoms with Gasteiger partial charge in [-0.1, -0.05) is 19.1 Å². The van der Waals surface area contributed by atoms with Gasteiger partial charge in [0.2, 0.25) is 0 Å². The quantitative estimate of drug-likeness (QED) is 0.634. The van der Waals surface area contributed by atoms with Gasteiger partial charge >= 0.3 is 0 Å². The zero-order valence-electron chi connectivity index (χ0n) is 18.5. The molecule has 0 atom stereocenters. The predicted octanol–water partition coefficient (Wildman–Crippen LogP) is 4.91. The van der Waals surface area contributed by atoms with Crippen molar-refractivity contribution in [2.75, 3.05) is 13.7 Å². The van der Waals surface area contributed by atoms with Crippen molar-refractivity contribution in [3.05, 3.63) is 58.5 Å². The first kappa shape index (κ1) is 21.4. The molecule has 4 rings (SSSR count). The number of carbonyl (C=O) groups is 2. The molecule has 1 aromatic rings. The zero-order valence-corrected chi connectivity index (χ0v) is 18.5. The number of methoxy groups -OCH3 is 1. The van der Waals surface area contributed by atoms with Crippen molar-refractivity contribution >= 4 is 11.6 Å². The van der Waals surface area contributed by atoms with Gasteiger partial charge in [0.15, 0.2) is 23.1 Å². The summed E-state index contributed by atoms with van der Waals surface area (Å²) in [4.78, 5) is 26.1. The molecular formula is C26H31NO4. The molecule has 0 saturated heterocycles. The number of hydrogen-bond donors (Lipinski definition) is 1. The van der Waals surface area contributed by atoms with E-state index in [1.807, 2.05) is 12.1 Å². The molecule has 31 heavy (non-hydrogen) atoms. The van der Waals surface area contributed by atoms with Crippen LogP contribution in [0.1, 0.15) is 68.9 Å². The third-order valence-electron chi connectivity index (χ3n) is 6.31. The zero-order chi connectivity index (χ0) is 22.0. The number of hydrogen-bond acceptors (Lipinski definition) is 5. The standard InChI is InChI=1S/C26H31NO4/c1-4-8-16-14-17(15-22(30-3)26(16)31-13-5-2)23-24-18(9-6-11-20(24)28)27-19-10-7-12-21(29)25(19)23/h4,14-15,23,27H,1,5-13H2,2-3H3. The van der Waals surface area contributed by atoms with Crippen LogP contribution in [0.2, 0.25) is 0 Å². The van der Waals surface area contributed by atoms with Gasteiger partial charge in [-0.25, -0.2) is 0 Å². The molecule has 5 nitrogen and oxygen atoms in total. The van der Waals surface area contributed by atoms with Crippen molar-refractivity contribution in [3.63, 3.8) is 0 Å². The molecule has 2 aliphatic carbocycles. The highest BCUT2D eigenvalue weighted by molar-refractivity contribution is 6.06. The fourth-order valence-corrected chi connectivity index (χ4v) is 4.99. The smallest absolute Gasteiger partial charge is 0.164 e. The lowest BCUT2D eigenvalue weighted by atomic mass is 9.71. The number of nitrogens with one attached hydrogen (secondary N) is 1. The van der Waals surface area contributed by atoms with Crippen molar-refractivity contribution in [2.24, 2.45) is 0 Å². The van der Waals surface area contributed by atoms with Crippen molar-refractivity contribution < 1.29 is 19.1 Å². The van der Waals surface area contributed by atoms with Crippen LogP contribution in [-0.2, 0) is 16.0 Å². The summed E-state index contributed by atoms with van der Waals surface area (Å²) in [6, 6.07) is 4.02. The summed E-state index contributed by atoms with van der Waals surface area (Å²) >= 11 is 0. The molecule has 0 amide bonds. The van der Waals surface area contributed by atoms with Gasteiger partial charge in [0, 0.05) is 46.9 Å². The molecule has 0 fully saturated rings. The fourth-order valence-electron chi connectivity index (χ4n) is 4.99. The van der Waals surface area contributed by atoms with Gasteiger partial charge in [0.1, 0.15) is 0 Å². The number of carbonyl (C=O) groups excluding carboxylic acids is 2. The van der Waals surface area contributed by atoms with E-state index in [1.165, 1.54) is 0 Å². The van der Waals surface area contributed by atoms with Crippen LogP contribution in [0.5, 0.6) is 11.5 Å². The van der Waals surface area contributed by atoms with E-state index in [-0.39, 0.29) is 17.5 Å². The SMILES string of the molecule is C=CCc1cc(C2C3=C(CCCC3=O)NC3=C2C(=O)CCC3)cc(OC)c1OCCC. The minimum absolute atomic E-state index is 0.138. The van der Waals surface area contributed by atoms with E-state index in [0.29, 0.717) is 31.6 Å². The maximum atomic E-state index is 13.1. The van der Waals surface area contributed by atoms with Crippen LogP contribution in [0.15, 0.2) is 47.3 Å². The third kappa shape index (κ3) is 3.93. The molecule has 0 spiro atoms. The molecule has 0 saturated carbocycles. The van der Waals surface area contributed by atoms with Gasteiger partial charge in [-0.05, 0) is 50.2 Å².